The molecule has 27 heavy (non-hydrogen) atoms. The summed E-state index contributed by atoms with van der Waals surface area (Å²) in [4.78, 5) is 3.79. The third-order valence-electron chi connectivity index (χ3n) is 4.99. The van der Waals surface area contributed by atoms with E-state index in [0.717, 1.165) is 60.8 Å². The maximum Gasteiger partial charge on any atom is 0.231 e. The predicted molar refractivity (Wildman–Crippen MR) is 108 cm³/mol. The van der Waals surface area contributed by atoms with Gasteiger partial charge in [0.2, 0.25) is 6.79 Å². The summed E-state index contributed by atoms with van der Waals surface area (Å²) in [7, 11) is 1.67. The number of thiocarbonyl (C=S) groups is 1. The summed E-state index contributed by atoms with van der Waals surface area (Å²) in [5.41, 5.74) is 2.26. The molecule has 2 aliphatic heterocycles. The molecule has 0 spiro atoms. The molecule has 0 saturated carbocycles. The van der Waals surface area contributed by atoms with Gasteiger partial charge in [-0.1, -0.05) is 0 Å². The van der Waals surface area contributed by atoms with Crippen molar-refractivity contribution in [2.45, 2.75) is 6.54 Å². The molecule has 142 valence electrons. The minimum Gasteiger partial charge on any atom is -0.497 e. The fourth-order valence-electron chi connectivity index (χ4n) is 3.42. The van der Waals surface area contributed by atoms with Crippen molar-refractivity contribution in [1.29, 1.82) is 0 Å². The summed E-state index contributed by atoms with van der Waals surface area (Å²) in [6, 6.07) is 14.0. The predicted octanol–water partition coefficient (Wildman–Crippen LogP) is 1.52. The van der Waals surface area contributed by atoms with Crippen molar-refractivity contribution in [1.82, 2.24) is 4.90 Å². The van der Waals surface area contributed by atoms with E-state index in [1.165, 1.54) is 5.56 Å². The summed E-state index contributed by atoms with van der Waals surface area (Å²) in [6.07, 6.45) is 0. The van der Waals surface area contributed by atoms with E-state index in [1.807, 2.05) is 30.3 Å². The fourth-order valence-corrected chi connectivity index (χ4v) is 3.72. The van der Waals surface area contributed by atoms with Crippen molar-refractivity contribution in [2.75, 3.05) is 45.4 Å². The second-order valence-corrected chi connectivity index (χ2v) is 7.15. The first-order valence-corrected chi connectivity index (χ1v) is 9.54. The molecule has 2 aliphatic rings. The number of rotatable bonds is 4. The SMILES string of the molecule is COc1ccc(NC(=S)N2CC[NH+](Cc3ccc4c(c3)OCO4)CC2)cc1. The number of piperazine rings is 1. The molecular weight excluding hydrogens is 362 g/mol. The summed E-state index contributed by atoms with van der Waals surface area (Å²) in [5, 5.41) is 4.10. The van der Waals surface area contributed by atoms with Gasteiger partial charge in [-0.2, -0.15) is 0 Å². The molecule has 2 aromatic carbocycles. The van der Waals surface area contributed by atoms with Crippen LogP contribution in [0.2, 0.25) is 0 Å². The van der Waals surface area contributed by atoms with Crippen LogP contribution < -0.4 is 24.4 Å². The van der Waals surface area contributed by atoms with Gasteiger partial charge in [-0.3, -0.25) is 0 Å². The summed E-state index contributed by atoms with van der Waals surface area (Å²) in [6.45, 7) is 5.31. The first kappa shape index (κ1) is 17.9. The average Bonchev–Trinajstić information content (AvgIpc) is 3.17. The number of fused-ring (bicyclic) bond motifs is 1. The van der Waals surface area contributed by atoms with Crippen LogP contribution in [0.1, 0.15) is 5.56 Å². The number of hydrogen-bond donors (Lipinski definition) is 2. The highest BCUT2D eigenvalue weighted by molar-refractivity contribution is 7.80. The molecule has 1 saturated heterocycles. The maximum atomic E-state index is 5.58. The van der Waals surface area contributed by atoms with Crippen molar-refractivity contribution in [3.8, 4) is 17.2 Å². The van der Waals surface area contributed by atoms with Gasteiger partial charge >= 0.3 is 0 Å². The van der Waals surface area contributed by atoms with Crippen molar-refractivity contribution in [2.24, 2.45) is 0 Å². The summed E-state index contributed by atoms with van der Waals surface area (Å²) in [5.74, 6) is 2.54. The molecule has 0 radical (unpaired) electrons. The molecule has 7 heteroatoms. The lowest BCUT2D eigenvalue weighted by molar-refractivity contribution is -0.917. The standard InChI is InChI=1S/C20H23N3O3S/c1-24-17-5-3-16(4-6-17)21-20(27)23-10-8-22(9-11-23)13-15-2-7-18-19(12-15)26-14-25-18/h2-7,12H,8-11,13-14H2,1H3,(H,21,27)/p+1. The fraction of sp³-hybridized carbons (Fsp3) is 0.350. The Kier molecular flexibility index (Phi) is 5.31. The minimum atomic E-state index is 0.322. The highest BCUT2D eigenvalue weighted by Crippen LogP contribution is 2.32. The van der Waals surface area contributed by atoms with Crippen LogP contribution in [0.5, 0.6) is 17.2 Å². The zero-order valence-corrected chi connectivity index (χ0v) is 16.2. The first-order valence-electron chi connectivity index (χ1n) is 9.13. The largest absolute Gasteiger partial charge is 0.497 e. The number of methoxy groups -OCH3 is 1. The quantitative estimate of drug-likeness (QED) is 0.777. The van der Waals surface area contributed by atoms with E-state index >= 15 is 0 Å². The molecule has 0 atom stereocenters. The highest BCUT2D eigenvalue weighted by atomic mass is 32.1. The van der Waals surface area contributed by atoms with Gasteiger partial charge in [-0.15, -0.1) is 0 Å². The monoisotopic (exact) mass is 386 g/mol. The molecule has 0 aromatic heterocycles. The summed E-state index contributed by atoms with van der Waals surface area (Å²) >= 11 is 5.58. The molecule has 2 aromatic rings. The lowest BCUT2D eigenvalue weighted by Gasteiger charge is -2.34. The van der Waals surface area contributed by atoms with Gasteiger partial charge in [-0.25, -0.2) is 0 Å². The Morgan fingerprint density at radius 2 is 1.85 bits per heavy atom. The van der Waals surface area contributed by atoms with E-state index < -0.39 is 0 Å². The van der Waals surface area contributed by atoms with E-state index in [9.17, 15) is 0 Å². The molecule has 0 bridgehead atoms. The van der Waals surface area contributed by atoms with Gasteiger partial charge < -0.3 is 29.3 Å². The zero-order valence-electron chi connectivity index (χ0n) is 15.4. The lowest BCUT2D eigenvalue weighted by atomic mass is 10.1. The lowest BCUT2D eigenvalue weighted by Crippen LogP contribution is -3.13. The Morgan fingerprint density at radius 1 is 1.11 bits per heavy atom. The van der Waals surface area contributed by atoms with Crippen LogP contribution in [0.15, 0.2) is 42.5 Å². The van der Waals surface area contributed by atoms with Crippen LogP contribution in [0.25, 0.3) is 0 Å². The zero-order chi connectivity index (χ0) is 18.6. The van der Waals surface area contributed by atoms with Crippen LogP contribution in [0.3, 0.4) is 0 Å². The molecule has 4 rings (SSSR count). The van der Waals surface area contributed by atoms with Crippen molar-refractivity contribution < 1.29 is 19.1 Å². The molecule has 2 N–H and O–H groups in total. The third-order valence-corrected chi connectivity index (χ3v) is 5.35. The van der Waals surface area contributed by atoms with Gasteiger partial charge in [0.15, 0.2) is 16.6 Å². The minimum absolute atomic E-state index is 0.322. The van der Waals surface area contributed by atoms with Crippen molar-refractivity contribution in [3.05, 3.63) is 48.0 Å². The van der Waals surface area contributed by atoms with Gasteiger partial charge in [0.05, 0.1) is 33.3 Å². The molecule has 0 aliphatic carbocycles. The van der Waals surface area contributed by atoms with E-state index in [4.69, 9.17) is 26.4 Å². The smallest absolute Gasteiger partial charge is 0.231 e. The summed E-state index contributed by atoms with van der Waals surface area (Å²) < 4.78 is 16.0. The number of nitrogens with zero attached hydrogens (tertiary/aromatic N) is 1. The number of benzene rings is 2. The number of hydrogen-bond acceptors (Lipinski definition) is 4. The van der Waals surface area contributed by atoms with E-state index in [-0.39, 0.29) is 0 Å². The second kappa shape index (κ2) is 8.02. The first-order chi connectivity index (χ1) is 13.2. The topological polar surface area (TPSA) is 47.4 Å². The third kappa shape index (κ3) is 4.26. The molecule has 2 heterocycles. The molecule has 0 amide bonds. The van der Waals surface area contributed by atoms with Crippen molar-refractivity contribution in [3.63, 3.8) is 0 Å². The molecule has 1 fully saturated rings. The van der Waals surface area contributed by atoms with Gasteiger partial charge in [-0.05, 0) is 54.7 Å². The number of nitrogens with one attached hydrogen (secondary N) is 2. The van der Waals surface area contributed by atoms with Crippen LogP contribution in [0, 0.1) is 0 Å². The highest BCUT2D eigenvalue weighted by Gasteiger charge is 2.23. The molecule has 0 unspecified atom stereocenters. The van der Waals surface area contributed by atoms with E-state index in [2.05, 4.69) is 22.3 Å². The number of ether oxygens (including phenoxy) is 3. The Bertz CT molecular complexity index is 805. The molecular formula is C20H24N3O3S+. The van der Waals surface area contributed by atoms with E-state index in [1.54, 1.807) is 12.0 Å². The Morgan fingerprint density at radius 3 is 2.59 bits per heavy atom. The second-order valence-electron chi connectivity index (χ2n) is 6.76. The van der Waals surface area contributed by atoms with Crippen LogP contribution in [-0.2, 0) is 6.54 Å². The van der Waals surface area contributed by atoms with Crippen LogP contribution in [0.4, 0.5) is 5.69 Å². The van der Waals surface area contributed by atoms with Crippen LogP contribution in [-0.4, -0.2) is 50.1 Å². The Hall–Kier alpha value is -2.51. The van der Waals surface area contributed by atoms with Gasteiger partial charge in [0.1, 0.15) is 12.3 Å². The Balaban J connectivity index is 1.27. The maximum absolute atomic E-state index is 5.58. The van der Waals surface area contributed by atoms with Gasteiger partial charge in [0.25, 0.3) is 0 Å². The van der Waals surface area contributed by atoms with Gasteiger partial charge in [0, 0.05) is 11.3 Å². The van der Waals surface area contributed by atoms with Crippen LogP contribution >= 0.6 is 12.2 Å². The Labute approximate surface area is 164 Å². The number of anilines is 1. The van der Waals surface area contributed by atoms with Crippen molar-refractivity contribution >= 4 is 23.0 Å². The average molecular weight is 386 g/mol. The molecule has 6 nitrogen and oxygen atoms in total. The normalized spacial score (nSPS) is 16.3. The number of quaternary nitrogens is 1. The van der Waals surface area contributed by atoms with E-state index in [0.29, 0.717) is 6.79 Å².